The fourth-order valence-electron chi connectivity index (χ4n) is 2.62. The maximum Gasteiger partial charge on any atom is 0.0732 e. The fraction of sp³-hybridized carbons (Fsp3) is 0.375. The molecule has 2 aromatic carbocycles. The standard InChI is InChI=1S/C16H17BrINO/c17-16-11(10-20-12-5-7-19-8-6-12)9-15(18)13-3-1-2-4-14(13)16/h1-4,9,12,19H,5-8,10H2. The van der Waals surface area contributed by atoms with E-state index in [0.29, 0.717) is 12.7 Å². The molecule has 20 heavy (non-hydrogen) atoms. The fourth-order valence-corrected chi connectivity index (χ4v) is 4.05. The van der Waals surface area contributed by atoms with Crippen LogP contribution in [0.25, 0.3) is 10.8 Å². The first-order chi connectivity index (χ1) is 9.75. The number of hydrogen-bond donors (Lipinski definition) is 1. The Morgan fingerprint density at radius 2 is 1.90 bits per heavy atom. The summed E-state index contributed by atoms with van der Waals surface area (Å²) in [5.74, 6) is 0. The van der Waals surface area contributed by atoms with Gasteiger partial charge in [-0.2, -0.15) is 0 Å². The van der Waals surface area contributed by atoms with Crippen molar-refractivity contribution in [1.82, 2.24) is 5.32 Å². The number of hydrogen-bond acceptors (Lipinski definition) is 2. The van der Waals surface area contributed by atoms with Gasteiger partial charge in [-0.25, -0.2) is 0 Å². The van der Waals surface area contributed by atoms with Gasteiger partial charge in [0, 0.05) is 8.04 Å². The van der Waals surface area contributed by atoms with Gasteiger partial charge in [-0.1, -0.05) is 24.3 Å². The second kappa shape index (κ2) is 6.73. The predicted molar refractivity (Wildman–Crippen MR) is 95.0 cm³/mol. The van der Waals surface area contributed by atoms with Crippen LogP contribution in [0.3, 0.4) is 0 Å². The van der Waals surface area contributed by atoms with E-state index in [1.807, 2.05) is 0 Å². The Labute approximate surface area is 141 Å². The lowest BCUT2D eigenvalue weighted by atomic mass is 10.1. The minimum atomic E-state index is 0.396. The second-order valence-electron chi connectivity index (χ2n) is 5.14. The van der Waals surface area contributed by atoms with Crippen LogP contribution in [0, 0.1) is 3.57 Å². The van der Waals surface area contributed by atoms with Gasteiger partial charge in [0.05, 0.1) is 12.7 Å². The molecule has 1 fully saturated rings. The van der Waals surface area contributed by atoms with Crippen molar-refractivity contribution < 1.29 is 4.74 Å². The van der Waals surface area contributed by atoms with Gasteiger partial charge < -0.3 is 10.1 Å². The molecule has 0 spiro atoms. The van der Waals surface area contributed by atoms with Crippen molar-refractivity contribution in [3.05, 3.63) is 43.9 Å². The SMILES string of the molecule is Brc1c(COC2CCNCC2)cc(I)c2ccccc12. The molecule has 1 aliphatic rings. The molecule has 4 heteroatoms. The lowest BCUT2D eigenvalue weighted by molar-refractivity contribution is 0.0210. The average molecular weight is 446 g/mol. The number of benzene rings is 2. The van der Waals surface area contributed by atoms with E-state index in [4.69, 9.17) is 4.74 Å². The van der Waals surface area contributed by atoms with Gasteiger partial charge >= 0.3 is 0 Å². The van der Waals surface area contributed by atoms with Gasteiger partial charge in [0.25, 0.3) is 0 Å². The molecule has 0 unspecified atom stereocenters. The monoisotopic (exact) mass is 445 g/mol. The number of piperidine rings is 1. The topological polar surface area (TPSA) is 21.3 Å². The molecule has 2 aromatic rings. The average Bonchev–Trinajstić information content (AvgIpc) is 2.50. The molecule has 0 amide bonds. The quantitative estimate of drug-likeness (QED) is 0.703. The summed E-state index contributed by atoms with van der Waals surface area (Å²) in [4.78, 5) is 0. The second-order valence-corrected chi connectivity index (χ2v) is 7.09. The summed E-state index contributed by atoms with van der Waals surface area (Å²) in [6.07, 6.45) is 2.62. The highest BCUT2D eigenvalue weighted by Gasteiger charge is 2.15. The van der Waals surface area contributed by atoms with E-state index >= 15 is 0 Å². The number of fused-ring (bicyclic) bond motifs is 1. The van der Waals surface area contributed by atoms with Crippen LogP contribution in [0.1, 0.15) is 18.4 Å². The Bertz CT molecular complexity index is 611. The van der Waals surface area contributed by atoms with Gasteiger partial charge in [-0.3, -0.25) is 0 Å². The molecule has 0 saturated carbocycles. The summed E-state index contributed by atoms with van der Waals surface area (Å²) in [5, 5.41) is 5.93. The Morgan fingerprint density at radius 3 is 2.65 bits per heavy atom. The molecular weight excluding hydrogens is 429 g/mol. The van der Waals surface area contributed by atoms with E-state index in [-0.39, 0.29) is 0 Å². The van der Waals surface area contributed by atoms with E-state index in [9.17, 15) is 0 Å². The molecule has 3 rings (SSSR count). The maximum atomic E-state index is 6.08. The Hall–Kier alpha value is -0.170. The zero-order chi connectivity index (χ0) is 13.9. The van der Waals surface area contributed by atoms with Crippen molar-refractivity contribution in [3.8, 4) is 0 Å². The number of halogens is 2. The van der Waals surface area contributed by atoms with E-state index in [1.165, 1.54) is 24.4 Å². The number of nitrogens with one attached hydrogen (secondary N) is 1. The highest BCUT2D eigenvalue weighted by Crippen LogP contribution is 2.32. The molecule has 0 bridgehead atoms. The van der Waals surface area contributed by atoms with Crippen LogP contribution in [0.5, 0.6) is 0 Å². The highest BCUT2D eigenvalue weighted by atomic mass is 127. The summed E-state index contributed by atoms with van der Waals surface area (Å²) in [6.45, 7) is 2.83. The van der Waals surface area contributed by atoms with Crippen molar-refractivity contribution in [2.24, 2.45) is 0 Å². The largest absolute Gasteiger partial charge is 0.373 e. The summed E-state index contributed by atoms with van der Waals surface area (Å²) < 4.78 is 8.53. The van der Waals surface area contributed by atoms with Gasteiger partial charge in [0.1, 0.15) is 0 Å². The Kier molecular flexibility index (Phi) is 4.96. The van der Waals surface area contributed by atoms with E-state index < -0.39 is 0 Å². The first-order valence-corrected chi connectivity index (χ1v) is 8.81. The summed E-state index contributed by atoms with van der Waals surface area (Å²) in [6, 6.07) is 10.7. The third-order valence-electron chi connectivity index (χ3n) is 3.76. The summed E-state index contributed by atoms with van der Waals surface area (Å²) in [5.41, 5.74) is 1.24. The highest BCUT2D eigenvalue weighted by molar-refractivity contribution is 14.1. The van der Waals surface area contributed by atoms with Crippen LogP contribution < -0.4 is 5.32 Å². The molecule has 2 nitrogen and oxygen atoms in total. The van der Waals surface area contributed by atoms with Crippen LogP contribution in [-0.2, 0) is 11.3 Å². The summed E-state index contributed by atoms with van der Waals surface area (Å²) in [7, 11) is 0. The molecule has 0 aliphatic carbocycles. The molecule has 1 aliphatic heterocycles. The molecule has 1 heterocycles. The smallest absolute Gasteiger partial charge is 0.0732 e. The molecular formula is C16H17BrINO. The van der Waals surface area contributed by atoms with Gasteiger partial charge in [-0.05, 0) is 86.9 Å². The third-order valence-corrected chi connectivity index (χ3v) is 5.59. The minimum Gasteiger partial charge on any atom is -0.373 e. The molecule has 0 radical (unpaired) electrons. The first-order valence-electron chi connectivity index (χ1n) is 6.93. The normalized spacial score (nSPS) is 16.7. The predicted octanol–water partition coefficient (Wildman–Crippen LogP) is 4.48. The van der Waals surface area contributed by atoms with Crippen molar-refractivity contribution in [2.45, 2.75) is 25.6 Å². The Morgan fingerprint density at radius 1 is 1.20 bits per heavy atom. The minimum absolute atomic E-state index is 0.396. The van der Waals surface area contributed by atoms with Crippen LogP contribution >= 0.6 is 38.5 Å². The van der Waals surface area contributed by atoms with E-state index in [2.05, 4.69) is 74.2 Å². The number of ether oxygens (including phenoxy) is 1. The van der Waals surface area contributed by atoms with Crippen LogP contribution in [0.15, 0.2) is 34.8 Å². The van der Waals surface area contributed by atoms with Crippen LogP contribution in [0.2, 0.25) is 0 Å². The summed E-state index contributed by atoms with van der Waals surface area (Å²) >= 11 is 6.15. The molecule has 1 saturated heterocycles. The van der Waals surface area contributed by atoms with Crippen molar-refractivity contribution in [1.29, 1.82) is 0 Å². The maximum absolute atomic E-state index is 6.08. The lowest BCUT2D eigenvalue weighted by Crippen LogP contribution is -2.32. The van der Waals surface area contributed by atoms with Crippen molar-refractivity contribution in [2.75, 3.05) is 13.1 Å². The zero-order valence-electron chi connectivity index (χ0n) is 11.2. The molecule has 106 valence electrons. The Balaban J connectivity index is 1.82. The van der Waals surface area contributed by atoms with Gasteiger partial charge in [0.2, 0.25) is 0 Å². The number of rotatable bonds is 3. The van der Waals surface area contributed by atoms with Gasteiger partial charge in [0.15, 0.2) is 0 Å². The lowest BCUT2D eigenvalue weighted by Gasteiger charge is -2.23. The van der Waals surface area contributed by atoms with Crippen LogP contribution in [-0.4, -0.2) is 19.2 Å². The van der Waals surface area contributed by atoms with Gasteiger partial charge in [-0.15, -0.1) is 0 Å². The molecule has 0 atom stereocenters. The first kappa shape index (κ1) is 14.8. The van der Waals surface area contributed by atoms with E-state index in [0.717, 1.165) is 25.9 Å². The van der Waals surface area contributed by atoms with Crippen LogP contribution in [0.4, 0.5) is 0 Å². The molecule has 1 N–H and O–H groups in total. The zero-order valence-corrected chi connectivity index (χ0v) is 14.9. The van der Waals surface area contributed by atoms with Crippen molar-refractivity contribution >= 4 is 49.3 Å². The van der Waals surface area contributed by atoms with Crippen molar-refractivity contribution in [3.63, 3.8) is 0 Å². The third kappa shape index (κ3) is 3.18. The van der Waals surface area contributed by atoms with E-state index in [1.54, 1.807) is 0 Å². The molecule has 0 aromatic heterocycles.